The second kappa shape index (κ2) is 7.45. The van der Waals surface area contributed by atoms with Gasteiger partial charge in [0.2, 0.25) is 0 Å². The molecule has 0 aromatic rings. The summed E-state index contributed by atoms with van der Waals surface area (Å²) in [6, 6.07) is 0.617. The number of carbonyl (C=O) groups is 1. The molecule has 1 heterocycles. The summed E-state index contributed by atoms with van der Waals surface area (Å²) in [5.41, 5.74) is -0.182. The lowest BCUT2D eigenvalue weighted by atomic mass is 9.86. The van der Waals surface area contributed by atoms with Gasteiger partial charge in [-0.2, -0.15) is 0 Å². The zero-order valence-electron chi connectivity index (χ0n) is 13.6. The largest absolute Gasteiger partial charge is 0.394 e. The van der Waals surface area contributed by atoms with Crippen LogP contribution in [0.2, 0.25) is 0 Å². The Kier molecular flexibility index (Phi) is 5.88. The molecule has 0 spiro atoms. The Morgan fingerprint density at radius 2 is 1.76 bits per heavy atom. The van der Waals surface area contributed by atoms with E-state index in [0.717, 1.165) is 25.9 Å². The van der Waals surface area contributed by atoms with Crippen molar-refractivity contribution in [1.82, 2.24) is 15.1 Å². The molecule has 2 N–H and O–H groups in total. The van der Waals surface area contributed by atoms with E-state index in [0.29, 0.717) is 6.04 Å². The van der Waals surface area contributed by atoms with Gasteiger partial charge in [0.05, 0.1) is 6.61 Å². The summed E-state index contributed by atoms with van der Waals surface area (Å²) in [6.45, 7) is 1.64. The summed E-state index contributed by atoms with van der Waals surface area (Å²) in [4.78, 5) is 15.5. The Bertz CT molecular complexity index is 330. The summed E-state index contributed by atoms with van der Waals surface area (Å²) >= 11 is 0. The number of urea groups is 1. The Balaban J connectivity index is 1.89. The molecule has 0 bridgehead atoms. The molecule has 1 aliphatic carbocycles. The van der Waals surface area contributed by atoms with Gasteiger partial charge in [-0.1, -0.05) is 25.7 Å². The Morgan fingerprint density at radius 1 is 1.19 bits per heavy atom. The predicted molar refractivity (Wildman–Crippen MR) is 84.3 cm³/mol. The molecular formula is C16H31N3O2. The molecule has 0 aromatic carbocycles. The van der Waals surface area contributed by atoms with Gasteiger partial charge >= 0.3 is 6.03 Å². The molecule has 0 radical (unpaired) electrons. The lowest BCUT2D eigenvalue weighted by molar-refractivity contribution is 0.0721. The van der Waals surface area contributed by atoms with Crippen molar-refractivity contribution >= 4 is 6.03 Å². The molecular weight excluding hydrogens is 266 g/mol. The van der Waals surface area contributed by atoms with Crippen LogP contribution in [0.15, 0.2) is 0 Å². The lowest BCUT2D eigenvalue weighted by Gasteiger charge is -2.44. The van der Waals surface area contributed by atoms with E-state index in [2.05, 4.69) is 5.32 Å². The Hall–Kier alpha value is -0.810. The number of nitrogens with zero attached hydrogens (tertiary/aromatic N) is 2. The fourth-order valence-corrected chi connectivity index (χ4v) is 3.61. The van der Waals surface area contributed by atoms with Crippen LogP contribution in [0.4, 0.5) is 4.79 Å². The van der Waals surface area contributed by atoms with Crippen LogP contribution in [0.3, 0.4) is 0 Å². The topological polar surface area (TPSA) is 55.8 Å². The van der Waals surface area contributed by atoms with Gasteiger partial charge in [0.1, 0.15) is 0 Å². The minimum absolute atomic E-state index is 0.0796. The smallest absolute Gasteiger partial charge is 0.319 e. The van der Waals surface area contributed by atoms with E-state index >= 15 is 0 Å². The van der Waals surface area contributed by atoms with Gasteiger partial charge in [0.25, 0.3) is 0 Å². The number of rotatable bonds is 3. The maximum Gasteiger partial charge on any atom is 0.319 e. The van der Waals surface area contributed by atoms with E-state index in [9.17, 15) is 9.90 Å². The SMILES string of the molecule is CN(C)C(=O)N1CCC(CO)(NC2CCCCCC2)CC1. The average molecular weight is 297 g/mol. The van der Waals surface area contributed by atoms with E-state index in [1.807, 2.05) is 4.90 Å². The first-order chi connectivity index (χ1) is 10.1. The highest BCUT2D eigenvalue weighted by Gasteiger charge is 2.37. The third-order valence-corrected chi connectivity index (χ3v) is 5.04. The van der Waals surface area contributed by atoms with Gasteiger partial charge in [-0.25, -0.2) is 4.79 Å². The zero-order chi connectivity index (χ0) is 15.3. The minimum atomic E-state index is -0.182. The number of amides is 2. The average Bonchev–Trinajstić information content (AvgIpc) is 2.75. The van der Waals surface area contributed by atoms with Crippen molar-refractivity contribution in [1.29, 1.82) is 0 Å². The molecule has 0 unspecified atom stereocenters. The highest BCUT2D eigenvalue weighted by Crippen LogP contribution is 2.26. The summed E-state index contributed by atoms with van der Waals surface area (Å²) in [6.07, 6.45) is 9.42. The number of aliphatic hydroxyl groups excluding tert-OH is 1. The maximum atomic E-state index is 12.0. The van der Waals surface area contributed by atoms with Gasteiger partial charge < -0.3 is 20.2 Å². The molecule has 21 heavy (non-hydrogen) atoms. The first-order valence-corrected chi connectivity index (χ1v) is 8.41. The molecule has 1 saturated carbocycles. The molecule has 2 rings (SSSR count). The van der Waals surface area contributed by atoms with Crippen LogP contribution in [0.5, 0.6) is 0 Å². The first kappa shape index (κ1) is 16.6. The first-order valence-electron chi connectivity index (χ1n) is 8.41. The third kappa shape index (κ3) is 4.33. The van der Waals surface area contributed by atoms with E-state index in [4.69, 9.17) is 0 Å². The maximum absolute atomic E-state index is 12.0. The molecule has 1 saturated heterocycles. The van der Waals surface area contributed by atoms with Crippen LogP contribution in [-0.4, -0.2) is 66.3 Å². The van der Waals surface area contributed by atoms with Crippen LogP contribution in [-0.2, 0) is 0 Å². The van der Waals surface area contributed by atoms with Gasteiger partial charge in [-0.15, -0.1) is 0 Å². The number of likely N-dealkylation sites (tertiary alicyclic amines) is 1. The van der Waals surface area contributed by atoms with Gasteiger partial charge in [-0.3, -0.25) is 0 Å². The molecule has 122 valence electrons. The van der Waals surface area contributed by atoms with Gasteiger partial charge in [0, 0.05) is 38.8 Å². The Labute approximate surface area is 128 Å². The standard InChI is InChI=1S/C16H31N3O2/c1-18(2)15(21)19-11-9-16(13-20,10-12-19)17-14-7-5-3-4-6-8-14/h14,17,20H,3-13H2,1-2H3. The molecule has 1 aliphatic heterocycles. The molecule has 2 fully saturated rings. The Morgan fingerprint density at radius 3 is 2.24 bits per heavy atom. The van der Waals surface area contributed by atoms with Crippen molar-refractivity contribution < 1.29 is 9.90 Å². The van der Waals surface area contributed by atoms with Crippen molar-refractivity contribution in [2.45, 2.75) is 62.9 Å². The monoisotopic (exact) mass is 297 g/mol. The van der Waals surface area contributed by atoms with Crippen molar-refractivity contribution in [3.8, 4) is 0 Å². The molecule has 2 amide bonds. The number of piperidine rings is 1. The zero-order valence-corrected chi connectivity index (χ0v) is 13.6. The highest BCUT2D eigenvalue weighted by atomic mass is 16.3. The van der Waals surface area contributed by atoms with Crippen LogP contribution in [0, 0.1) is 0 Å². The summed E-state index contributed by atoms with van der Waals surface area (Å²) in [5.74, 6) is 0. The van der Waals surface area contributed by atoms with Crippen LogP contribution in [0.1, 0.15) is 51.4 Å². The van der Waals surface area contributed by atoms with Crippen molar-refractivity contribution in [3.63, 3.8) is 0 Å². The molecule has 5 heteroatoms. The highest BCUT2D eigenvalue weighted by molar-refractivity contribution is 5.73. The second-order valence-electron chi connectivity index (χ2n) is 6.94. The predicted octanol–water partition coefficient (Wildman–Crippen LogP) is 1.81. The summed E-state index contributed by atoms with van der Waals surface area (Å²) in [5, 5.41) is 13.6. The summed E-state index contributed by atoms with van der Waals surface area (Å²) < 4.78 is 0. The van der Waals surface area contributed by atoms with Crippen molar-refractivity contribution in [3.05, 3.63) is 0 Å². The normalized spacial score (nSPS) is 23.7. The molecule has 2 aliphatic rings. The fraction of sp³-hybridized carbons (Fsp3) is 0.938. The molecule has 0 atom stereocenters. The number of hydrogen-bond acceptors (Lipinski definition) is 3. The van der Waals surface area contributed by atoms with Crippen LogP contribution >= 0.6 is 0 Å². The van der Waals surface area contributed by atoms with E-state index in [1.54, 1.807) is 19.0 Å². The minimum Gasteiger partial charge on any atom is -0.394 e. The van der Waals surface area contributed by atoms with E-state index in [1.165, 1.54) is 38.5 Å². The second-order valence-corrected chi connectivity index (χ2v) is 6.94. The van der Waals surface area contributed by atoms with Gasteiger partial charge in [-0.05, 0) is 25.7 Å². The molecule has 5 nitrogen and oxygen atoms in total. The van der Waals surface area contributed by atoms with Crippen LogP contribution < -0.4 is 5.32 Å². The number of carbonyl (C=O) groups excluding carboxylic acids is 1. The van der Waals surface area contributed by atoms with Crippen molar-refractivity contribution in [2.75, 3.05) is 33.8 Å². The fourth-order valence-electron chi connectivity index (χ4n) is 3.61. The lowest BCUT2D eigenvalue weighted by Crippen LogP contribution is -2.60. The molecule has 0 aromatic heterocycles. The summed E-state index contributed by atoms with van der Waals surface area (Å²) in [7, 11) is 3.58. The van der Waals surface area contributed by atoms with E-state index < -0.39 is 0 Å². The quantitative estimate of drug-likeness (QED) is 0.781. The van der Waals surface area contributed by atoms with Gasteiger partial charge in [0.15, 0.2) is 0 Å². The number of hydrogen-bond donors (Lipinski definition) is 2. The number of aliphatic hydroxyl groups is 1. The van der Waals surface area contributed by atoms with E-state index in [-0.39, 0.29) is 18.2 Å². The van der Waals surface area contributed by atoms with Crippen LogP contribution in [0.25, 0.3) is 0 Å². The number of nitrogens with one attached hydrogen (secondary N) is 1. The van der Waals surface area contributed by atoms with Crippen molar-refractivity contribution in [2.24, 2.45) is 0 Å². The third-order valence-electron chi connectivity index (χ3n) is 5.04.